The molecule has 0 aliphatic carbocycles. The van der Waals surface area contributed by atoms with Crippen LogP contribution in [0.4, 0.5) is 0 Å². The molecule has 0 bridgehead atoms. The molecule has 0 spiro atoms. The molecule has 0 aromatic carbocycles. The summed E-state index contributed by atoms with van der Waals surface area (Å²) >= 11 is 0. The van der Waals surface area contributed by atoms with Crippen LogP contribution in [0, 0.1) is 24.7 Å². The molecule has 4 amide bonds. The van der Waals surface area contributed by atoms with Crippen molar-refractivity contribution in [3.8, 4) is 24.7 Å². The van der Waals surface area contributed by atoms with Crippen LogP contribution in [0.3, 0.4) is 0 Å². The van der Waals surface area contributed by atoms with Gasteiger partial charge >= 0.3 is 11.9 Å². The van der Waals surface area contributed by atoms with E-state index in [-0.39, 0.29) is 50.0 Å². The van der Waals surface area contributed by atoms with Gasteiger partial charge in [0.1, 0.15) is 0 Å². The summed E-state index contributed by atoms with van der Waals surface area (Å²) in [7, 11) is 0. The first-order valence-electron chi connectivity index (χ1n) is 8.34. The van der Waals surface area contributed by atoms with Crippen LogP contribution in [-0.2, 0) is 33.6 Å². The molecule has 2 aliphatic heterocycles. The number of terminal acetylenes is 2. The fourth-order valence-corrected chi connectivity index (χ4v) is 1.72. The molecule has 0 aromatic heterocycles. The lowest BCUT2D eigenvalue weighted by Crippen LogP contribution is -2.31. The Bertz CT molecular complexity index is 713. The quantitative estimate of drug-likeness (QED) is 0.363. The average molecular weight is 408 g/mol. The lowest BCUT2D eigenvalue weighted by molar-refractivity contribution is -0.197. The molecule has 2 fully saturated rings. The van der Waals surface area contributed by atoms with Gasteiger partial charge in [-0.25, -0.2) is 4.79 Å². The Balaban J connectivity index is 0.000000444. The van der Waals surface area contributed by atoms with E-state index in [1.807, 2.05) is 0 Å². The standard InChI is InChI=1S/C9H9NO4.C5H6O2.C4H5NO3/c1-2-3-4-9(13)14-10-7(11)5-6-8(10)12;1-2-3-4-5(6)7;6-3-1-2-4(7)5(3)8/h1H,3-6H2;1H,3-4H2,(H,6,7);8H,1-2H2. The summed E-state index contributed by atoms with van der Waals surface area (Å²) in [6.07, 6.45) is 10.8. The smallest absolute Gasteiger partial charge is 0.334 e. The van der Waals surface area contributed by atoms with Crippen molar-refractivity contribution in [2.24, 2.45) is 0 Å². The van der Waals surface area contributed by atoms with Crippen LogP contribution >= 0.6 is 0 Å². The van der Waals surface area contributed by atoms with Crippen LogP contribution in [-0.4, -0.2) is 56.0 Å². The Morgan fingerprint density at radius 3 is 1.59 bits per heavy atom. The summed E-state index contributed by atoms with van der Waals surface area (Å²) in [5, 5.41) is 17.0. The Labute approximate surface area is 166 Å². The maximum atomic E-state index is 11.0. The number of hydrogen-bond donors (Lipinski definition) is 2. The molecule has 0 radical (unpaired) electrons. The van der Waals surface area contributed by atoms with Gasteiger partial charge in [-0.3, -0.25) is 29.2 Å². The van der Waals surface area contributed by atoms with Crippen molar-refractivity contribution >= 4 is 35.6 Å². The molecule has 11 heteroatoms. The van der Waals surface area contributed by atoms with Crippen molar-refractivity contribution in [3.63, 3.8) is 0 Å². The van der Waals surface area contributed by atoms with Gasteiger partial charge in [-0.05, 0) is 0 Å². The number of imide groups is 2. The van der Waals surface area contributed by atoms with Gasteiger partial charge < -0.3 is 9.94 Å². The van der Waals surface area contributed by atoms with Gasteiger partial charge in [-0.1, -0.05) is 0 Å². The number of aliphatic carboxylic acids is 1. The van der Waals surface area contributed by atoms with Crippen LogP contribution in [0.15, 0.2) is 0 Å². The van der Waals surface area contributed by atoms with E-state index >= 15 is 0 Å². The molecule has 0 saturated carbocycles. The van der Waals surface area contributed by atoms with E-state index < -0.39 is 35.6 Å². The van der Waals surface area contributed by atoms with Crippen LogP contribution in [0.2, 0.25) is 0 Å². The summed E-state index contributed by atoms with van der Waals surface area (Å²) in [6.45, 7) is 0. The summed E-state index contributed by atoms with van der Waals surface area (Å²) < 4.78 is 0. The zero-order valence-electron chi connectivity index (χ0n) is 15.5. The summed E-state index contributed by atoms with van der Waals surface area (Å²) in [4.78, 5) is 67.6. The molecule has 2 saturated heterocycles. The van der Waals surface area contributed by atoms with Crippen molar-refractivity contribution in [2.75, 3.05) is 0 Å². The monoisotopic (exact) mass is 408 g/mol. The summed E-state index contributed by atoms with van der Waals surface area (Å²) in [5.74, 6) is 1.01. The Kier molecular flexibility index (Phi) is 11.7. The van der Waals surface area contributed by atoms with E-state index in [0.717, 1.165) is 0 Å². The molecule has 0 unspecified atom stereocenters. The highest BCUT2D eigenvalue weighted by Crippen LogP contribution is 2.12. The van der Waals surface area contributed by atoms with E-state index in [1.165, 1.54) is 0 Å². The molecule has 29 heavy (non-hydrogen) atoms. The highest BCUT2D eigenvalue weighted by atomic mass is 16.7. The Morgan fingerprint density at radius 1 is 0.862 bits per heavy atom. The third kappa shape index (κ3) is 10.3. The van der Waals surface area contributed by atoms with Crippen molar-refractivity contribution in [1.82, 2.24) is 10.1 Å². The van der Waals surface area contributed by atoms with E-state index in [0.29, 0.717) is 11.5 Å². The van der Waals surface area contributed by atoms with Gasteiger partial charge in [0.15, 0.2) is 0 Å². The van der Waals surface area contributed by atoms with Gasteiger partial charge in [-0.2, -0.15) is 5.06 Å². The number of hydrogen-bond acceptors (Lipinski definition) is 8. The number of carbonyl (C=O) groups excluding carboxylic acids is 5. The molecular formula is C18H20N2O9. The minimum atomic E-state index is -0.835. The summed E-state index contributed by atoms with van der Waals surface area (Å²) in [5.41, 5.74) is 0. The van der Waals surface area contributed by atoms with Crippen LogP contribution in [0.5, 0.6) is 0 Å². The van der Waals surface area contributed by atoms with Crippen molar-refractivity contribution in [2.45, 2.75) is 51.4 Å². The molecule has 156 valence electrons. The minimum absolute atomic E-state index is 0.00750. The fraction of sp³-hybridized carbons (Fsp3) is 0.444. The number of amides is 4. The SMILES string of the molecule is C#CCCC(=O)O.C#CCCC(=O)ON1C(=O)CCC1=O.O=C1CCC(=O)N1O. The average Bonchev–Trinajstić information content (AvgIpc) is 3.15. The largest absolute Gasteiger partial charge is 0.481 e. The van der Waals surface area contributed by atoms with Crippen LogP contribution in [0.1, 0.15) is 51.4 Å². The van der Waals surface area contributed by atoms with Crippen molar-refractivity contribution < 1.29 is 43.9 Å². The second-order valence-electron chi connectivity index (χ2n) is 5.45. The number of carboxylic acid groups (broad SMARTS) is 1. The molecular weight excluding hydrogens is 388 g/mol. The predicted octanol–water partition coefficient (Wildman–Crippen LogP) is 0.0160. The molecule has 0 atom stereocenters. The molecule has 2 heterocycles. The fourth-order valence-electron chi connectivity index (χ4n) is 1.72. The van der Waals surface area contributed by atoms with E-state index in [9.17, 15) is 28.8 Å². The van der Waals surface area contributed by atoms with Gasteiger partial charge in [0, 0.05) is 38.5 Å². The number of carbonyl (C=O) groups is 6. The molecule has 11 nitrogen and oxygen atoms in total. The zero-order valence-corrected chi connectivity index (χ0v) is 15.5. The molecule has 2 rings (SSSR count). The first-order chi connectivity index (χ1) is 13.6. The van der Waals surface area contributed by atoms with Gasteiger partial charge in [-0.15, -0.1) is 29.8 Å². The second kappa shape index (κ2) is 13.5. The molecule has 2 N–H and O–H groups in total. The minimum Gasteiger partial charge on any atom is -0.481 e. The Hall–Kier alpha value is -3.70. The lowest BCUT2D eigenvalue weighted by Gasteiger charge is -2.11. The maximum Gasteiger partial charge on any atom is 0.334 e. The Morgan fingerprint density at radius 2 is 1.28 bits per heavy atom. The van der Waals surface area contributed by atoms with Gasteiger partial charge in [0.25, 0.3) is 23.6 Å². The molecule has 0 aromatic rings. The third-order valence-electron chi connectivity index (χ3n) is 3.18. The third-order valence-corrected chi connectivity index (χ3v) is 3.18. The van der Waals surface area contributed by atoms with Crippen molar-refractivity contribution in [3.05, 3.63) is 0 Å². The number of hydroxylamine groups is 4. The van der Waals surface area contributed by atoms with Crippen LogP contribution in [0.25, 0.3) is 0 Å². The first kappa shape index (κ1) is 25.3. The number of carboxylic acids is 1. The lowest BCUT2D eigenvalue weighted by atomic mass is 10.3. The van der Waals surface area contributed by atoms with Crippen LogP contribution < -0.4 is 0 Å². The highest BCUT2D eigenvalue weighted by Gasteiger charge is 2.32. The predicted molar refractivity (Wildman–Crippen MR) is 93.8 cm³/mol. The molecule has 2 aliphatic rings. The zero-order chi connectivity index (χ0) is 22.4. The van der Waals surface area contributed by atoms with Gasteiger partial charge in [0.2, 0.25) is 0 Å². The topological polar surface area (TPSA) is 159 Å². The van der Waals surface area contributed by atoms with Gasteiger partial charge in [0.05, 0.1) is 12.8 Å². The number of rotatable bonds is 5. The van der Waals surface area contributed by atoms with E-state index in [2.05, 4.69) is 16.7 Å². The van der Waals surface area contributed by atoms with E-state index in [1.54, 1.807) is 0 Å². The second-order valence-corrected chi connectivity index (χ2v) is 5.45. The summed E-state index contributed by atoms with van der Waals surface area (Å²) in [6, 6.07) is 0. The van der Waals surface area contributed by atoms with E-state index in [4.69, 9.17) is 23.2 Å². The maximum absolute atomic E-state index is 11.0. The highest BCUT2D eigenvalue weighted by molar-refractivity contribution is 6.01. The normalized spacial score (nSPS) is 14.9. The van der Waals surface area contributed by atoms with Crippen molar-refractivity contribution in [1.29, 1.82) is 0 Å². The number of nitrogens with zero attached hydrogens (tertiary/aromatic N) is 2. The first-order valence-corrected chi connectivity index (χ1v) is 8.34.